The zero-order valence-electron chi connectivity index (χ0n) is 13.6. The summed E-state index contributed by atoms with van der Waals surface area (Å²) < 4.78 is 0. The molecule has 0 saturated carbocycles. The third kappa shape index (κ3) is 4.19. The first-order valence-electron chi connectivity index (χ1n) is 7.52. The number of amides is 1. The van der Waals surface area contributed by atoms with Crippen LogP contribution in [0.2, 0.25) is 0 Å². The van der Waals surface area contributed by atoms with Gasteiger partial charge in [-0.15, -0.1) is 0 Å². The van der Waals surface area contributed by atoms with Crippen LogP contribution in [0.1, 0.15) is 33.9 Å². The largest absolute Gasteiger partial charge is 0.479 e. The molecule has 1 unspecified atom stereocenters. The van der Waals surface area contributed by atoms with E-state index >= 15 is 0 Å². The number of benzene rings is 2. The van der Waals surface area contributed by atoms with E-state index in [1.165, 1.54) is 0 Å². The molecule has 0 spiro atoms. The summed E-state index contributed by atoms with van der Waals surface area (Å²) in [4.78, 5) is 23.8. The molecule has 0 radical (unpaired) electrons. The van der Waals surface area contributed by atoms with Crippen LogP contribution in [0, 0.1) is 20.8 Å². The standard InChI is InChI=1S/C19H21NO3/c1-12-7-9-15(10-8-12)11-17(21)20-18(19(22)23)16-6-4-5-13(2)14(16)3/h4-10,18H,11H2,1-3H3,(H,20,21)(H,22,23). The number of hydrogen-bond donors (Lipinski definition) is 2. The van der Waals surface area contributed by atoms with Crippen LogP contribution in [0.15, 0.2) is 42.5 Å². The van der Waals surface area contributed by atoms with E-state index in [9.17, 15) is 14.7 Å². The van der Waals surface area contributed by atoms with Gasteiger partial charge in [-0.3, -0.25) is 4.79 Å². The Hall–Kier alpha value is -2.62. The summed E-state index contributed by atoms with van der Waals surface area (Å²) in [5.41, 5.74) is 4.48. The number of carbonyl (C=O) groups excluding carboxylic acids is 1. The highest BCUT2D eigenvalue weighted by atomic mass is 16.4. The zero-order chi connectivity index (χ0) is 17.0. The SMILES string of the molecule is Cc1ccc(CC(=O)NC(C(=O)O)c2cccc(C)c2C)cc1. The fraction of sp³-hybridized carbons (Fsp3) is 0.263. The lowest BCUT2D eigenvalue weighted by molar-refractivity contribution is -0.142. The van der Waals surface area contributed by atoms with Gasteiger partial charge < -0.3 is 10.4 Å². The highest BCUT2D eigenvalue weighted by molar-refractivity contribution is 5.86. The van der Waals surface area contributed by atoms with E-state index in [1.807, 2.05) is 51.1 Å². The minimum Gasteiger partial charge on any atom is -0.479 e. The normalized spacial score (nSPS) is 11.8. The van der Waals surface area contributed by atoms with Gasteiger partial charge in [0.25, 0.3) is 0 Å². The number of aryl methyl sites for hydroxylation is 2. The van der Waals surface area contributed by atoms with Gasteiger partial charge in [0, 0.05) is 0 Å². The van der Waals surface area contributed by atoms with Gasteiger partial charge >= 0.3 is 5.97 Å². The number of aliphatic carboxylic acids is 1. The number of nitrogens with one attached hydrogen (secondary N) is 1. The molecule has 120 valence electrons. The molecule has 1 atom stereocenters. The Balaban J connectivity index is 2.16. The van der Waals surface area contributed by atoms with Gasteiger partial charge in [0.2, 0.25) is 5.91 Å². The van der Waals surface area contributed by atoms with Crippen LogP contribution in [0.25, 0.3) is 0 Å². The number of carboxylic acids is 1. The van der Waals surface area contributed by atoms with E-state index in [0.717, 1.165) is 22.3 Å². The van der Waals surface area contributed by atoms with Gasteiger partial charge in [-0.2, -0.15) is 0 Å². The lowest BCUT2D eigenvalue weighted by Crippen LogP contribution is -2.35. The van der Waals surface area contributed by atoms with E-state index in [2.05, 4.69) is 5.32 Å². The van der Waals surface area contributed by atoms with Gasteiger partial charge in [0.15, 0.2) is 6.04 Å². The second-order valence-corrected chi connectivity index (χ2v) is 5.79. The van der Waals surface area contributed by atoms with Crippen molar-refractivity contribution >= 4 is 11.9 Å². The smallest absolute Gasteiger partial charge is 0.330 e. The van der Waals surface area contributed by atoms with E-state index in [-0.39, 0.29) is 12.3 Å². The molecule has 0 heterocycles. The van der Waals surface area contributed by atoms with Crippen LogP contribution in [0.4, 0.5) is 0 Å². The molecule has 23 heavy (non-hydrogen) atoms. The van der Waals surface area contributed by atoms with E-state index in [4.69, 9.17) is 0 Å². The number of carbonyl (C=O) groups is 2. The van der Waals surface area contributed by atoms with Crippen molar-refractivity contribution < 1.29 is 14.7 Å². The third-order valence-corrected chi connectivity index (χ3v) is 4.00. The quantitative estimate of drug-likeness (QED) is 0.891. The molecule has 4 heteroatoms. The summed E-state index contributed by atoms with van der Waals surface area (Å²) in [6, 6.07) is 12.1. The van der Waals surface area contributed by atoms with Crippen LogP contribution >= 0.6 is 0 Å². The second kappa shape index (κ2) is 7.09. The molecule has 2 aromatic carbocycles. The summed E-state index contributed by atoms with van der Waals surface area (Å²) in [7, 11) is 0. The lowest BCUT2D eigenvalue weighted by atomic mass is 9.97. The van der Waals surface area contributed by atoms with E-state index in [0.29, 0.717) is 5.56 Å². The first-order valence-corrected chi connectivity index (χ1v) is 7.52. The van der Waals surface area contributed by atoms with E-state index < -0.39 is 12.0 Å². The molecule has 0 aliphatic rings. The van der Waals surface area contributed by atoms with Crippen molar-refractivity contribution in [2.45, 2.75) is 33.2 Å². The average Bonchev–Trinajstić information content (AvgIpc) is 2.50. The minimum atomic E-state index is -1.06. The van der Waals surface area contributed by atoms with Gasteiger partial charge in [-0.25, -0.2) is 4.79 Å². The Morgan fingerprint density at radius 2 is 1.70 bits per heavy atom. The summed E-state index contributed by atoms with van der Waals surface area (Å²) >= 11 is 0. The molecule has 0 aliphatic carbocycles. The molecule has 2 N–H and O–H groups in total. The topological polar surface area (TPSA) is 66.4 Å². The first kappa shape index (κ1) is 16.7. The fourth-order valence-corrected chi connectivity index (χ4v) is 2.46. The van der Waals surface area contributed by atoms with Crippen molar-refractivity contribution in [1.29, 1.82) is 0 Å². The summed E-state index contributed by atoms with van der Waals surface area (Å²) in [6.45, 7) is 5.77. The highest BCUT2D eigenvalue weighted by Gasteiger charge is 2.24. The summed E-state index contributed by atoms with van der Waals surface area (Å²) in [6.07, 6.45) is 0.162. The average molecular weight is 311 g/mol. The van der Waals surface area contributed by atoms with Gasteiger partial charge in [0.05, 0.1) is 6.42 Å². The Morgan fingerprint density at radius 1 is 1.04 bits per heavy atom. The van der Waals surface area contributed by atoms with Crippen molar-refractivity contribution in [1.82, 2.24) is 5.32 Å². The van der Waals surface area contributed by atoms with Crippen molar-refractivity contribution in [3.05, 3.63) is 70.3 Å². The monoisotopic (exact) mass is 311 g/mol. The predicted octanol–water partition coefficient (Wildman–Crippen LogP) is 3.10. The van der Waals surface area contributed by atoms with Crippen molar-refractivity contribution in [3.8, 4) is 0 Å². The molecule has 2 rings (SSSR count). The van der Waals surface area contributed by atoms with Crippen molar-refractivity contribution in [2.75, 3.05) is 0 Å². The summed E-state index contributed by atoms with van der Waals surface area (Å²) in [5, 5.41) is 12.1. The van der Waals surface area contributed by atoms with Gasteiger partial charge in [-0.05, 0) is 43.0 Å². The molecular formula is C19H21NO3. The highest BCUT2D eigenvalue weighted by Crippen LogP contribution is 2.21. The number of hydrogen-bond acceptors (Lipinski definition) is 2. The van der Waals surface area contributed by atoms with Crippen LogP contribution in [0.3, 0.4) is 0 Å². The maximum Gasteiger partial charge on any atom is 0.330 e. The fourth-order valence-electron chi connectivity index (χ4n) is 2.46. The number of carboxylic acid groups (broad SMARTS) is 1. The third-order valence-electron chi connectivity index (χ3n) is 4.00. The lowest BCUT2D eigenvalue weighted by Gasteiger charge is -2.18. The molecule has 1 amide bonds. The molecule has 2 aromatic rings. The van der Waals surface area contributed by atoms with Crippen LogP contribution in [0.5, 0.6) is 0 Å². The Labute approximate surface area is 136 Å². The van der Waals surface area contributed by atoms with Crippen molar-refractivity contribution in [3.63, 3.8) is 0 Å². The van der Waals surface area contributed by atoms with Gasteiger partial charge in [0.1, 0.15) is 0 Å². The Morgan fingerprint density at radius 3 is 2.30 bits per heavy atom. The van der Waals surface area contributed by atoms with Crippen molar-refractivity contribution in [2.24, 2.45) is 0 Å². The van der Waals surface area contributed by atoms with Crippen LogP contribution in [-0.2, 0) is 16.0 Å². The van der Waals surface area contributed by atoms with Crippen LogP contribution in [-0.4, -0.2) is 17.0 Å². The Kier molecular flexibility index (Phi) is 5.16. The first-order chi connectivity index (χ1) is 10.9. The summed E-state index contributed by atoms with van der Waals surface area (Å²) in [5.74, 6) is -1.36. The molecule has 0 aliphatic heterocycles. The maximum absolute atomic E-state index is 12.2. The Bertz CT molecular complexity index is 720. The second-order valence-electron chi connectivity index (χ2n) is 5.79. The van der Waals surface area contributed by atoms with Crippen LogP contribution < -0.4 is 5.32 Å². The maximum atomic E-state index is 12.2. The van der Waals surface area contributed by atoms with Gasteiger partial charge in [-0.1, -0.05) is 48.0 Å². The molecule has 0 bridgehead atoms. The molecule has 0 aromatic heterocycles. The predicted molar refractivity (Wildman–Crippen MR) is 89.3 cm³/mol. The molecule has 0 fully saturated rings. The minimum absolute atomic E-state index is 0.162. The zero-order valence-corrected chi connectivity index (χ0v) is 13.6. The molecular weight excluding hydrogens is 290 g/mol. The van der Waals surface area contributed by atoms with E-state index in [1.54, 1.807) is 12.1 Å². The molecule has 0 saturated heterocycles. The molecule has 4 nitrogen and oxygen atoms in total. The number of rotatable bonds is 5.